The van der Waals surface area contributed by atoms with E-state index in [0.29, 0.717) is 11.0 Å². The lowest BCUT2D eigenvalue weighted by molar-refractivity contribution is 0.462. The fourth-order valence-electron chi connectivity index (χ4n) is 2.47. The molecule has 114 valence electrons. The van der Waals surface area contributed by atoms with Gasteiger partial charge in [0.05, 0.1) is 23.2 Å². The van der Waals surface area contributed by atoms with E-state index in [4.69, 9.17) is 0 Å². The van der Waals surface area contributed by atoms with Gasteiger partial charge in [0, 0.05) is 5.54 Å². The molecule has 1 aromatic carbocycles. The van der Waals surface area contributed by atoms with Crippen LogP contribution in [0.4, 0.5) is 0 Å². The number of hydrogen-bond acceptors (Lipinski definition) is 7. The predicted octanol–water partition coefficient (Wildman–Crippen LogP) is 0.547. The molecule has 2 aromatic rings. The smallest absolute Gasteiger partial charge is 0.229 e. The molecule has 7 nitrogen and oxygen atoms in total. The standard InChI is InChI=1S/C11H13N3O4S3/c1-11(5-6-20(15,16)7-11)14-21(17,18)9-4-2-3-8-10(9)13-19-12-8/h2-4,14H,5-7H2,1H3. The fourth-order valence-corrected chi connectivity index (χ4v) is 6.86. The molecule has 0 aliphatic carbocycles. The lowest BCUT2D eigenvalue weighted by atomic mass is 10.0. The summed E-state index contributed by atoms with van der Waals surface area (Å²) < 4.78 is 58.8. The first kappa shape index (κ1) is 14.8. The molecule has 3 rings (SSSR count). The highest BCUT2D eigenvalue weighted by molar-refractivity contribution is 7.92. The number of hydrogen-bond donors (Lipinski definition) is 1. The van der Waals surface area contributed by atoms with E-state index < -0.39 is 25.4 Å². The van der Waals surface area contributed by atoms with Gasteiger partial charge in [-0.15, -0.1) is 0 Å². The van der Waals surface area contributed by atoms with Gasteiger partial charge in [-0.1, -0.05) is 6.07 Å². The Bertz CT molecular complexity index is 904. The Morgan fingerprint density at radius 1 is 1.33 bits per heavy atom. The number of sulfonamides is 1. The number of nitrogens with zero attached hydrogens (tertiary/aromatic N) is 2. The zero-order chi connectivity index (χ0) is 15.3. The van der Waals surface area contributed by atoms with Crippen LogP contribution in [-0.4, -0.2) is 42.6 Å². The van der Waals surface area contributed by atoms with Crippen molar-refractivity contribution in [2.45, 2.75) is 23.8 Å². The predicted molar refractivity (Wildman–Crippen MR) is 79.4 cm³/mol. The molecule has 0 bridgehead atoms. The molecule has 0 radical (unpaired) electrons. The van der Waals surface area contributed by atoms with Crippen molar-refractivity contribution in [3.05, 3.63) is 18.2 Å². The molecule has 1 unspecified atom stereocenters. The number of fused-ring (bicyclic) bond motifs is 1. The highest BCUT2D eigenvalue weighted by atomic mass is 32.2. The Balaban J connectivity index is 2.00. The van der Waals surface area contributed by atoms with Gasteiger partial charge in [-0.3, -0.25) is 0 Å². The largest absolute Gasteiger partial charge is 0.243 e. The maximum Gasteiger partial charge on any atom is 0.243 e. The zero-order valence-electron chi connectivity index (χ0n) is 11.1. The Morgan fingerprint density at radius 3 is 2.76 bits per heavy atom. The van der Waals surface area contributed by atoms with Crippen molar-refractivity contribution in [3.8, 4) is 0 Å². The molecule has 1 saturated heterocycles. The van der Waals surface area contributed by atoms with E-state index in [1.165, 1.54) is 6.07 Å². The first-order valence-corrected chi connectivity index (χ1v) is 10.2. The molecule has 1 fully saturated rings. The summed E-state index contributed by atoms with van der Waals surface area (Å²) in [6, 6.07) is 4.71. The highest BCUT2D eigenvalue weighted by Gasteiger charge is 2.41. The van der Waals surface area contributed by atoms with Crippen molar-refractivity contribution in [3.63, 3.8) is 0 Å². The van der Waals surface area contributed by atoms with Crippen LogP contribution in [0.2, 0.25) is 0 Å². The third-order valence-electron chi connectivity index (χ3n) is 3.42. The summed E-state index contributed by atoms with van der Waals surface area (Å²) in [4.78, 5) is 0.0271. The normalized spacial score (nSPS) is 25.4. The molecule has 10 heteroatoms. The highest BCUT2D eigenvalue weighted by Crippen LogP contribution is 2.27. The Kier molecular flexibility index (Phi) is 3.32. The van der Waals surface area contributed by atoms with E-state index in [1.807, 2.05) is 0 Å². The average Bonchev–Trinajstić information content (AvgIpc) is 2.92. The van der Waals surface area contributed by atoms with Crippen LogP contribution < -0.4 is 4.72 Å². The van der Waals surface area contributed by atoms with Gasteiger partial charge in [0.15, 0.2) is 9.84 Å². The van der Waals surface area contributed by atoms with Crippen LogP contribution in [-0.2, 0) is 19.9 Å². The quantitative estimate of drug-likeness (QED) is 0.869. The van der Waals surface area contributed by atoms with E-state index in [-0.39, 0.29) is 22.8 Å². The average molecular weight is 347 g/mol. The minimum absolute atomic E-state index is 0.00548. The van der Waals surface area contributed by atoms with Gasteiger partial charge in [0.2, 0.25) is 10.0 Å². The number of sulfone groups is 1. The zero-order valence-corrected chi connectivity index (χ0v) is 13.6. The summed E-state index contributed by atoms with van der Waals surface area (Å²) in [6.45, 7) is 1.61. The summed E-state index contributed by atoms with van der Waals surface area (Å²) in [7, 11) is -7.05. The molecule has 0 saturated carbocycles. The lowest BCUT2D eigenvalue weighted by Crippen LogP contribution is -2.46. The number of aromatic nitrogens is 2. The maximum absolute atomic E-state index is 12.5. The molecule has 0 spiro atoms. The molecule has 1 atom stereocenters. The Morgan fingerprint density at radius 2 is 2.10 bits per heavy atom. The molecular weight excluding hydrogens is 334 g/mol. The molecule has 21 heavy (non-hydrogen) atoms. The van der Waals surface area contributed by atoms with Crippen LogP contribution >= 0.6 is 11.7 Å². The second kappa shape index (κ2) is 4.70. The first-order chi connectivity index (χ1) is 9.71. The summed E-state index contributed by atoms with van der Waals surface area (Å²) in [5.41, 5.74) is -0.171. The fraction of sp³-hybridized carbons (Fsp3) is 0.455. The second-order valence-corrected chi connectivity index (χ2v) is 9.76. The van der Waals surface area contributed by atoms with E-state index in [2.05, 4.69) is 13.5 Å². The van der Waals surface area contributed by atoms with Crippen LogP contribution in [0.15, 0.2) is 23.1 Å². The Hall–Kier alpha value is -1.10. The first-order valence-electron chi connectivity index (χ1n) is 6.17. The Labute approximate surface area is 126 Å². The molecule has 2 heterocycles. The molecule has 1 N–H and O–H groups in total. The van der Waals surface area contributed by atoms with Crippen molar-refractivity contribution in [1.82, 2.24) is 13.5 Å². The number of benzene rings is 1. The van der Waals surface area contributed by atoms with Gasteiger partial charge < -0.3 is 0 Å². The second-order valence-electron chi connectivity index (χ2n) is 5.40. The summed E-state index contributed by atoms with van der Waals surface area (Å²) in [6.07, 6.45) is 0.264. The topological polar surface area (TPSA) is 106 Å². The van der Waals surface area contributed by atoms with Gasteiger partial charge >= 0.3 is 0 Å². The molecule has 1 aliphatic heterocycles. The van der Waals surface area contributed by atoms with Gasteiger partial charge in [-0.2, -0.15) is 8.75 Å². The summed E-state index contributed by atoms with van der Waals surface area (Å²) in [5.74, 6) is -0.195. The van der Waals surface area contributed by atoms with E-state index >= 15 is 0 Å². The lowest BCUT2D eigenvalue weighted by Gasteiger charge is -2.23. The third-order valence-corrected chi connectivity index (χ3v) is 7.54. The van der Waals surface area contributed by atoms with Crippen molar-refractivity contribution >= 4 is 42.6 Å². The minimum Gasteiger partial charge on any atom is -0.229 e. The monoisotopic (exact) mass is 347 g/mol. The SMILES string of the molecule is CC1(NS(=O)(=O)c2cccc3nsnc23)CCS(=O)(=O)C1. The summed E-state index contributed by atoms with van der Waals surface area (Å²) >= 11 is 0.937. The number of nitrogens with one attached hydrogen (secondary N) is 1. The van der Waals surface area contributed by atoms with Crippen LogP contribution in [0.5, 0.6) is 0 Å². The van der Waals surface area contributed by atoms with Crippen LogP contribution in [0, 0.1) is 0 Å². The molecule has 0 amide bonds. The third kappa shape index (κ3) is 2.80. The van der Waals surface area contributed by atoms with Crippen molar-refractivity contribution in [2.24, 2.45) is 0 Å². The molecular formula is C11H13N3O4S3. The summed E-state index contributed by atoms with van der Waals surface area (Å²) in [5, 5.41) is 0. The van der Waals surface area contributed by atoms with Crippen LogP contribution in [0.1, 0.15) is 13.3 Å². The van der Waals surface area contributed by atoms with Gasteiger partial charge in [-0.05, 0) is 25.5 Å². The van der Waals surface area contributed by atoms with Crippen molar-refractivity contribution in [1.29, 1.82) is 0 Å². The molecule has 1 aromatic heterocycles. The van der Waals surface area contributed by atoms with Gasteiger partial charge in [-0.25, -0.2) is 21.6 Å². The van der Waals surface area contributed by atoms with Crippen LogP contribution in [0.3, 0.4) is 0 Å². The van der Waals surface area contributed by atoms with E-state index in [0.717, 1.165) is 11.7 Å². The van der Waals surface area contributed by atoms with Crippen molar-refractivity contribution in [2.75, 3.05) is 11.5 Å². The minimum atomic E-state index is -3.86. The maximum atomic E-state index is 12.5. The van der Waals surface area contributed by atoms with Gasteiger partial charge in [0.1, 0.15) is 15.9 Å². The van der Waals surface area contributed by atoms with E-state index in [1.54, 1.807) is 19.1 Å². The number of rotatable bonds is 3. The van der Waals surface area contributed by atoms with Gasteiger partial charge in [0.25, 0.3) is 0 Å². The van der Waals surface area contributed by atoms with Crippen molar-refractivity contribution < 1.29 is 16.8 Å². The molecule has 1 aliphatic rings. The van der Waals surface area contributed by atoms with Crippen LogP contribution in [0.25, 0.3) is 11.0 Å². The van der Waals surface area contributed by atoms with E-state index in [9.17, 15) is 16.8 Å².